The number of hydrogen-bond acceptors (Lipinski definition) is 4. The fourth-order valence-corrected chi connectivity index (χ4v) is 4.36. The van der Waals surface area contributed by atoms with Crippen LogP contribution in [0.2, 0.25) is 5.02 Å². The van der Waals surface area contributed by atoms with Crippen LogP contribution < -0.4 is 10.1 Å². The van der Waals surface area contributed by atoms with E-state index in [4.69, 9.17) is 16.3 Å². The van der Waals surface area contributed by atoms with Gasteiger partial charge in [-0.05, 0) is 55.2 Å². The number of benzene rings is 2. The Morgan fingerprint density at radius 2 is 1.81 bits per heavy atom. The first-order valence-corrected chi connectivity index (χ1v) is 12.5. The van der Waals surface area contributed by atoms with Gasteiger partial charge in [-0.2, -0.15) is 0 Å². The predicted octanol–water partition coefficient (Wildman–Crippen LogP) is 5.30. The second-order valence-electron chi connectivity index (χ2n) is 7.74. The molecule has 2 amide bonds. The molecule has 1 N–H and O–H groups in total. The van der Waals surface area contributed by atoms with Crippen LogP contribution in [-0.4, -0.2) is 41.7 Å². The number of halogens is 1. The first-order chi connectivity index (χ1) is 15.4. The number of rotatable bonds is 12. The molecule has 0 unspecified atom stereocenters. The molecule has 32 heavy (non-hydrogen) atoms. The third-order valence-corrected chi connectivity index (χ3v) is 6.48. The van der Waals surface area contributed by atoms with Crippen molar-refractivity contribution in [3.8, 4) is 5.75 Å². The first kappa shape index (κ1) is 26.1. The van der Waals surface area contributed by atoms with Gasteiger partial charge >= 0.3 is 0 Å². The minimum absolute atomic E-state index is 0.0579. The van der Waals surface area contributed by atoms with Crippen LogP contribution in [0.1, 0.15) is 44.7 Å². The Balaban J connectivity index is 2.16. The topological polar surface area (TPSA) is 58.6 Å². The number of nitrogens with one attached hydrogen (secondary N) is 1. The Kier molecular flexibility index (Phi) is 10.9. The summed E-state index contributed by atoms with van der Waals surface area (Å²) in [6.45, 7) is 6.28. The van der Waals surface area contributed by atoms with E-state index in [9.17, 15) is 9.59 Å². The van der Waals surface area contributed by atoms with Gasteiger partial charge in [0.15, 0.2) is 0 Å². The van der Waals surface area contributed by atoms with Crippen LogP contribution in [0.4, 0.5) is 0 Å². The molecule has 0 heterocycles. The fraction of sp³-hybridized carbons (Fsp3) is 0.440. The highest BCUT2D eigenvalue weighted by Gasteiger charge is 2.29. The summed E-state index contributed by atoms with van der Waals surface area (Å²) in [7, 11) is 1.61. The summed E-state index contributed by atoms with van der Waals surface area (Å²) in [4.78, 5) is 28.0. The molecule has 7 heteroatoms. The highest BCUT2D eigenvalue weighted by molar-refractivity contribution is 7.99. The smallest absolute Gasteiger partial charge is 0.243 e. The van der Waals surface area contributed by atoms with E-state index in [0.29, 0.717) is 23.7 Å². The lowest BCUT2D eigenvalue weighted by atomic mass is 10.1. The van der Waals surface area contributed by atoms with E-state index < -0.39 is 6.04 Å². The van der Waals surface area contributed by atoms with Crippen molar-refractivity contribution in [1.29, 1.82) is 0 Å². The summed E-state index contributed by atoms with van der Waals surface area (Å²) in [6, 6.07) is 14.8. The molecular formula is C25H33ClN2O3S. The second-order valence-corrected chi connectivity index (χ2v) is 9.16. The van der Waals surface area contributed by atoms with Gasteiger partial charge in [-0.25, -0.2) is 0 Å². The summed E-state index contributed by atoms with van der Waals surface area (Å²) >= 11 is 7.58. The van der Waals surface area contributed by atoms with Gasteiger partial charge in [0.2, 0.25) is 11.8 Å². The lowest BCUT2D eigenvalue weighted by molar-refractivity contribution is -0.139. The number of thioether (sulfide) groups is 1. The van der Waals surface area contributed by atoms with Crippen molar-refractivity contribution in [3.63, 3.8) is 0 Å². The summed E-state index contributed by atoms with van der Waals surface area (Å²) in [5.41, 5.74) is 1.99. The van der Waals surface area contributed by atoms with E-state index in [0.717, 1.165) is 23.3 Å². The van der Waals surface area contributed by atoms with Crippen LogP contribution in [0.25, 0.3) is 0 Å². The van der Waals surface area contributed by atoms with Gasteiger partial charge in [0.05, 0.1) is 12.9 Å². The molecule has 5 nitrogen and oxygen atoms in total. The van der Waals surface area contributed by atoms with Gasteiger partial charge in [0.25, 0.3) is 0 Å². The lowest BCUT2D eigenvalue weighted by Gasteiger charge is -2.31. The largest absolute Gasteiger partial charge is 0.497 e. The molecule has 0 aliphatic carbocycles. The highest BCUT2D eigenvalue weighted by Crippen LogP contribution is 2.21. The molecule has 2 aromatic carbocycles. The van der Waals surface area contributed by atoms with E-state index in [1.165, 1.54) is 11.8 Å². The monoisotopic (exact) mass is 476 g/mol. The van der Waals surface area contributed by atoms with Crippen LogP contribution in [0, 0.1) is 0 Å². The number of carbonyl (C=O) groups excluding carboxylic acids is 2. The molecule has 0 aliphatic rings. The number of methoxy groups -OCH3 is 1. The molecular weight excluding hydrogens is 444 g/mol. The molecule has 0 spiro atoms. The average molecular weight is 477 g/mol. The number of ether oxygens (including phenoxy) is 1. The zero-order valence-corrected chi connectivity index (χ0v) is 20.8. The van der Waals surface area contributed by atoms with Gasteiger partial charge in [-0.3, -0.25) is 9.59 Å². The minimum atomic E-state index is -0.533. The van der Waals surface area contributed by atoms with E-state index >= 15 is 0 Å². The van der Waals surface area contributed by atoms with Crippen molar-refractivity contribution in [2.24, 2.45) is 0 Å². The van der Waals surface area contributed by atoms with Gasteiger partial charge in [-0.1, -0.05) is 49.7 Å². The Morgan fingerprint density at radius 1 is 1.09 bits per heavy atom. The van der Waals surface area contributed by atoms with Crippen molar-refractivity contribution < 1.29 is 14.3 Å². The highest BCUT2D eigenvalue weighted by atomic mass is 35.5. The standard InChI is InChI=1S/C25H33ClN2O3S/c1-5-18(3)27-25(30)23(6-2)28(15-19-9-8-12-22(14-19)31-4)24(29)17-32-16-20-10-7-11-21(26)13-20/h7-14,18,23H,5-6,15-17H2,1-4H3,(H,27,30)/t18-,23-/m1/s1. The minimum Gasteiger partial charge on any atom is -0.497 e. The molecule has 0 saturated heterocycles. The van der Waals surface area contributed by atoms with Gasteiger partial charge in [-0.15, -0.1) is 11.8 Å². The molecule has 0 aliphatic heterocycles. The Morgan fingerprint density at radius 3 is 2.47 bits per heavy atom. The molecule has 2 atom stereocenters. The maximum atomic E-state index is 13.3. The average Bonchev–Trinajstić information content (AvgIpc) is 2.78. The Hall–Kier alpha value is -2.18. The number of carbonyl (C=O) groups is 2. The number of amides is 2. The Bertz CT molecular complexity index is 893. The van der Waals surface area contributed by atoms with Crippen LogP contribution in [0.5, 0.6) is 5.75 Å². The third-order valence-electron chi connectivity index (χ3n) is 5.26. The van der Waals surface area contributed by atoms with E-state index in [2.05, 4.69) is 5.32 Å². The Labute approximate surface area is 200 Å². The van der Waals surface area contributed by atoms with Crippen molar-refractivity contribution in [2.45, 2.75) is 58.0 Å². The molecule has 0 aromatic heterocycles. The van der Waals surface area contributed by atoms with Gasteiger partial charge in [0.1, 0.15) is 11.8 Å². The SMILES string of the molecule is CC[C@@H](C)NC(=O)[C@@H](CC)N(Cc1cccc(OC)c1)C(=O)CSCc1cccc(Cl)c1. The van der Waals surface area contributed by atoms with Crippen LogP contribution in [-0.2, 0) is 21.9 Å². The molecule has 0 bridgehead atoms. The molecule has 174 valence electrons. The van der Waals surface area contributed by atoms with Gasteiger partial charge in [0, 0.05) is 23.4 Å². The van der Waals surface area contributed by atoms with Crippen LogP contribution in [0.15, 0.2) is 48.5 Å². The molecule has 2 rings (SSSR count). The third kappa shape index (κ3) is 8.06. The zero-order valence-electron chi connectivity index (χ0n) is 19.3. The molecule has 0 fully saturated rings. The van der Waals surface area contributed by atoms with Crippen molar-refractivity contribution in [2.75, 3.05) is 12.9 Å². The molecule has 0 saturated carbocycles. The normalized spacial score (nSPS) is 12.7. The molecule has 2 aromatic rings. The lowest BCUT2D eigenvalue weighted by Crippen LogP contribution is -2.51. The number of nitrogens with zero attached hydrogens (tertiary/aromatic N) is 1. The first-order valence-electron chi connectivity index (χ1n) is 10.9. The van der Waals surface area contributed by atoms with E-state index in [1.54, 1.807) is 12.0 Å². The summed E-state index contributed by atoms with van der Waals surface area (Å²) in [5, 5.41) is 3.72. The maximum absolute atomic E-state index is 13.3. The van der Waals surface area contributed by atoms with E-state index in [-0.39, 0.29) is 23.6 Å². The summed E-state index contributed by atoms with van der Waals surface area (Å²) in [5.74, 6) is 1.50. The van der Waals surface area contributed by atoms with E-state index in [1.807, 2.05) is 69.3 Å². The van der Waals surface area contributed by atoms with Crippen LogP contribution >= 0.6 is 23.4 Å². The van der Waals surface area contributed by atoms with Crippen molar-refractivity contribution in [3.05, 3.63) is 64.7 Å². The second kappa shape index (κ2) is 13.4. The predicted molar refractivity (Wildman–Crippen MR) is 133 cm³/mol. The summed E-state index contributed by atoms with van der Waals surface area (Å²) in [6.07, 6.45) is 1.37. The van der Waals surface area contributed by atoms with Crippen molar-refractivity contribution in [1.82, 2.24) is 10.2 Å². The maximum Gasteiger partial charge on any atom is 0.243 e. The van der Waals surface area contributed by atoms with Crippen molar-refractivity contribution >= 4 is 35.2 Å². The quantitative estimate of drug-likeness (QED) is 0.451. The fourth-order valence-electron chi connectivity index (χ4n) is 3.29. The number of hydrogen-bond donors (Lipinski definition) is 1. The zero-order chi connectivity index (χ0) is 23.5. The van der Waals surface area contributed by atoms with Gasteiger partial charge < -0.3 is 15.0 Å². The van der Waals surface area contributed by atoms with Crippen LogP contribution in [0.3, 0.4) is 0 Å². The summed E-state index contributed by atoms with van der Waals surface area (Å²) < 4.78 is 5.32. The molecule has 0 radical (unpaired) electrons.